The van der Waals surface area contributed by atoms with E-state index in [1.807, 2.05) is 6.92 Å². The Morgan fingerprint density at radius 1 is 1.62 bits per heavy atom. The van der Waals surface area contributed by atoms with Gasteiger partial charge in [0.1, 0.15) is 23.2 Å². The first kappa shape index (κ1) is 16.3. The second kappa shape index (κ2) is 6.37. The molecule has 0 spiro atoms. The van der Waals surface area contributed by atoms with Gasteiger partial charge < -0.3 is 9.63 Å². The smallest absolute Gasteiger partial charge is 0.322 e. The molecule has 0 aromatic carbocycles. The zero-order valence-corrected chi connectivity index (χ0v) is 13.5. The quantitative estimate of drug-likeness (QED) is 0.840. The summed E-state index contributed by atoms with van der Waals surface area (Å²) in [6.45, 7) is 3.62. The van der Waals surface area contributed by atoms with E-state index in [9.17, 15) is 18.3 Å². The summed E-state index contributed by atoms with van der Waals surface area (Å²) in [4.78, 5) is 11.3. The van der Waals surface area contributed by atoms with Gasteiger partial charge in [0.05, 0.1) is 5.37 Å². The van der Waals surface area contributed by atoms with Gasteiger partial charge in [0.15, 0.2) is 0 Å². The van der Waals surface area contributed by atoms with E-state index in [1.165, 1.54) is 11.8 Å². The average molecular weight is 334 g/mol. The number of sulfonamides is 1. The molecular weight excluding hydrogens is 316 g/mol. The molecule has 2 heterocycles. The van der Waals surface area contributed by atoms with E-state index in [2.05, 4.69) is 5.16 Å². The Bertz CT molecular complexity index is 613. The molecule has 2 rings (SSSR count). The minimum Gasteiger partial charge on any atom is -0.480 e. The third-order valence-corrected chi connectivity index (χ3v) is 6.49. The number of aliphatic carboxylic acids is 1. The van der Waals surface area contributed by atoms with Gasteiger partial charge in [0.25, 0.3) is 0 Å². The molecule has 0 radical (unpaired) electrons. The molecule has 118 valence electrons. The Kier molecular flexibility index (Phi) is 4.95. The molecule has 0 amide bonds. The predicted molar refractivity (Wildman–Crippen MR) is 78.3 cm³/mol. The summed E-state index contributed by atoms with van der Waals surface area (Å²) in [5, 5.41) is 12.6. The first-order valence-corrected chi connectivity index (χ1v) is 9.28. The van der Waals surface area contributed by atoms with Crippen LogP contribution >= 0.6 is 11.8 Å². The minimum atomic E-state index is -3.76. The molecule has 21 heavy (non-hydrogen) atoms. The normalized spacial score (nSPS) is 23.5. The summed E-state index contributed by atoms with van der Waals surface area (Å²) in [6, 6.07) is 0.537. The highest BCUT2D eigenvalue weighted by molar-refractivity contribution is 8.01. The molecule has 7 nitrogen and oxygen atoms in total. The number of carboxylic acid groups (broad SMARTS) is 1. The zero-order valence-electron chi connectivity index (χ0n) is 11.9. The van der Waals surface area contributed by atoms with Crippen molar-refractivity contribution in [3.8, 4) is 0 Å². The van der Waals surface area contributed by atoms with Crippen molar-refractivity contribution in [2.75, 3.05) is 5.75 Å². The summed E-state index contributed by atoms with van der Waals surface area (Å²) in [6.07, 6.45) is 1.42. The Labute approximate surface area is 127 Å². The molecule has 1 aliphatic rings. The standard InChI is InChI=1S/C12H18N2O5S2/c1-3-4-11-14(10(6-20-11)12(15)16)21(17,18)7-9-5-8(2)19-13-9/h5,10-11H,3-4,6-7H2,1-2H3,(H,15,16). The molecule has 1 saturated heterocycles. The number of hydrogen-bond donors (Lipinski definition) is 1. The van der Waals surface area contributed by atoms with Crippen molar-refractivity contribution in [1.82, 2.24) is 9.46 Å². The molecule has 1 aromatic heterocycles. The van der Waals surface area contributed by atoms with Gasteiger partial charge in [-0.1, -0.05) is 18.5 Å². The summed E-state index contributed by atoms with van der Waals surface area (Å²) >= 11 is 1.38. The van der Waals surface area contributed by atoms with Crippen molar-refractivity contribution in [2.45, 2.75) is 43.9 Å². The van der Waals surface area contributed by atoms with Crippen LogP contribution in [0.25, 0.3) is 0 Å². The first-order chi connectivity index (χ1) is 9.85. The maximum atomic E-state index is 12.6. The van der Waals surface area contributed by atoms with Gasteiger partial charge in [-0.3, -0.25) is 4.79 Å². The number of carboxylic acids is 1. The second-order valence-electron chi connectivity index (χ2n) is 4.95. The van der Waals surface area contributed by atoms with E-state index in [4.69, 9.17) is 4.52 Å². The van der Waals surface area contributed by atoms with Crippen molar-refractivity contribution in [3.05, 3.63) is 17.5 Å². The van der Waals surface area contributed by atoms with Crippen LogP contribution in [0.15, 0.2) is 10.6 Å². The van der Waals surface area contributed by atoms with E-state index in [0.717, 1.165) is 10.7 Å². The number of aromatic nitrogens is 1. The molecule has 1 aromatic rings. The first-order valence-electron chi connectivity index (χ1n) is 6.63. The van der Waals surface area contributed by atoms with Crippen LogP contribution in [0.5, 0.6) is 0 Å². The summed E-state index contributed by atoms with van der Waals surface area (Å²) in [5.41, 5.74) is 0.295. The number of aryl methyl sites for hydroxylation is 1. The van der Waals surface area contributed by atoms with Crippen LogP contribution in [0.4, 0.5) is 0 Å². The lowest BCUT2D eigenvalue weighted by molar-refractivity contribution is -0.140. The third kappa shape index (κ3) is 3.58. The van der Waals surface area contributed by atoms with Crippen molar-refractivity contribution < 1.29 is 22.8 Å². The highest BCUT2D eigenvalue weighted by Crippen LogP contribution is 2.35. The number of nitrogens with zero attached hydrogens (tertiary/aromatic N) is 2. The highest BCUT2D eigenvalue weighted by Gasteiger charge is 2.45. The van der Waals surface area contributed by atoms with Gasteiger partial charge in [-0.2, -0.15) is 4.31 Å². The molecule has 0 aliphatic carbocycles. The lowest BCUT2D eigenvalue weighted by atomic mass is 10.3. The van der Waals surface area contributed by atoms with Gasteiger partial charge in [-0.05, 0) is 13.3 Å². The molecule has 0 saturated carbocycles. The minimum absolute atomic E-state index is 0.275. The maximum absolute atomic E-state index is 12.6. The zero-order chi connectivity index (χ0) is 15.6. The summed E-state index contributed by atoms with van der Waals surface area (Å²) in [7, 11) is -3.76. The van der Waals surface area contributed by atoms with E-state index < -0.39 is 22.0 Å². The number of carbonyl (C=O) groups is 1. The van der Waals surface area contributed by atoms with E-state index in [1.54, 1.807) is 13.0 Å². The van der Waals surface area contributed by atoms with Crippen LogP contribution in [0.3, 0.4) is 0 Å². The van der Waals surface area contributed by atoms with Gasteiger partial charge in [-0.25, -0.2) is 8.42 Å². The van der Waals surface area contributed by atoms with Crippen LogP contribution in [-0.4, -0.2) is 46.1 Å². The maximum Gasteiger partial charge on any atom is 0.322 e. The lowest BCUT2D eigenvalue weighted by Gasteiger charge is -2.25. The fraction of sp³-hybridized carbons (Fsp3) is 0.667. The molecule has 0 bridgehead atoms. The molecule has 1 fully saturated rings. The highest BCUT2D eigenvalue weighted by atomic mass is 32.2. The molecule has 2 unspecified atom stereocenters. The van der Waals surface area contributed by atoms with Gasteiger partial charge in [-0.15, -0.1) is 11.8 Å². The lowest BCUT2D eigenvalue weighted by Crippen LogP contribution is -2.46. The fourth-order valence-corrected chi connectivity index (χ4v) is 6.06. The summed E-state index contributed by atoms with van der Waals surface area (Å²) < 4.78 is 31.2. The average Bonchev–Trinajstić information content (AvgIpc) is 2.96. The largest absolute Gasteiger partial charge is 0.480 e. The van der Waals surface area contributed by atoms with E-state index in [0.29, 0.717) is 17.9 Å². The van der Waals surface area contributed by atoms with Crippen molar-refractivity contribution in [2.24, 2.45) is 0 Å². The van der Waals surface area contributed by atoms with Gasteiger partial charge in [0, 0.05) is 11.8 Å². The van der Waals surface area contributed by atoms with Crippen LogP contribution < -0.4 is 0 Å². The van der Waals surface area contributed by atoms with Crippen LogP contribution in [0, 0.1) is 6.92 Å². The summed E-state index contributed by atoms with van der Waals surface area (Å²) in [5.74, 6) is -0.650. The Morgan fingerprint density at radius 2 is 2.33 bits per heavy atom. The van der Waals surface area contributed by atoms with E-state index in [-0.39, 0.29) is 16.9 Å². The molecule has 9 heteroatoms. The molecule has 1 aliphatic heterocycles. The van der Waals surface area contributed by atoms with Gasteiger partial charge in [0.2, 0.25) is 10.0 Å². The van der Waals surface area contributed by atoms with Crippen molar-refractivity contribution >= 4 is 27.8 Å². The topological polar surface area (TPSA) is 101 Å². The van der Waals surface area contributed by atoms with Crippen molar-refractivity contribution in [3.63, 3.8) is 0 Å². The number of rotatable bonds is 6. The molecular formula is C12H18N2O5S2. The fourth-order valence-electron chi connectivity index (χ4n) is 2.31. The van der Waals surface area contributed by atoms with Crippen LogP contribution in [0.1, 0.15) is 31.2 Å². The predicted octanol–water partition coefficient (Wildman–Crippen LogP) is 1.44. The van der Waals surface area contributed by atoms with E-state index >= 15 is 0 Å². The third-order valence-electron chi connectivity index (χ3n) is 3.19. The van der Waals surface area contributed by atoms with Crippen LogP contribution in [0.2, 0.25) is 0 Å². The number of hydrogen-bond acceptors (Lipinski definition) is 6. The molecule has 2 atom stereocenters. The van der Waals surface area contributed by atoms with Gasteiger partial charge >= 0.3 is 5.97 Å². The van der Waals surface area contributed by atoms with Crippen molar-refractivity contribution in [1.29, 1.82) is 0 Å². The molecule has 1 N–H and O–H groups in total. The number of thioether (sulfide) groups is 1. The Hall–Kier alpha value is -1.06. The van der Waals surface area contributed by atoms with Crippen LogP contribution in [-0.2, 0) is 20.6 Å². The SMILES string of the molecule is CCCC1SCC(C(=O)O)N1S(=O)(=O)Cc1cc(C)on1. The monoisotopic (exact) mass is 334 g/mol. The Morgan fingerprint density at radius 3 is 2.86 bits per heavy atom. The Balaban J connectivity index is 2.26. The second-order valence-corrected chi connectivity index (χ2v) is 8.03.